The van der Waals surface area contributed by atoms with E-state index in [0.717, 1.165) is 32.1 Å². The minimum absolute atomic E-state index is 0.0455. The number of cyclic esters (lactones) is 1. The van der Waals surface area contributed by atoms with Gasteiger partial charge in [-0.2, -0.15) is 0 Å². The highest BCUT2D eigenvalue weighted by Gasteiger charge is 2.69. The second-order valence-electron chi connectivity index (χ2n) is 12.9. The molecular weight excluding hydrogens is 444 g/mol. The van der Waals surface area contributed by atoms with Crippen LogP contribution in [0.5, 0.6) is 0 Å². The van der Waals surface area contributed by atoms with Crippen molar-refractivity contribution in [3.05, 3.63) is 22.8 Å². The van der Waals surface area contributed by atoms with Gasteiger partial charge in [0.2, 0.25) is 0 Å². The molecule has 6 aliphatic rings. The van der Waals surface area contributed by atoms with E-state index in [1.807, 2.05) is 0 Å². The molecule has 0 aromatic carbocycles. The Balaban J connectivity index is 1.37. The zero-order chi connectivity index (χ0) is 25.1. The number of ether oxygens (including phenoxy) is 2. The Labute approximate surface area is 207 Å². The molecule has 9 atom stereocenters. The van der Waals surface area contributed by atoms with Gasteiger partial charge in [-0.3, -0.25) is 14.4 Å². The third kappa shape index (κ3) is 2.87. The minimum atomic E-state index is -1.76. The van der Waals surface area contributed by atoms with Gasteiger partial charge in [0.25, 0.3) is 0 Å². The van der Waals surface area contributed by atoms with Gasteiger partial charge < -0.3 is 14.6 Å². The summed E-state index contributed by atoms with van der Waals surface area (Å²) in [5.74, 6) is -0.802. The fourth-order valence-corrected chi connectivity index (χ4v) is 8.98. The highest BCUT2D eigenvalue weighted by atomic mass is 16.6. The summed E-state index contributed by atoms with van der Waals surface area (Å²) in [5, 5.41) is 11.3. The standard InChI is InChI=1S/C29H38O6/c1-14(2)29(33,15(3)30)25-24-22(26(32)35-25)23-21(34-24)13-20-18-7-6-16-12-17(31)8-10-27(16,4)19(18)9-11-28(20,23)5/h13-14,16,21-25,33H,6-12H2,1-5H3. The van der Waals surface area contributed by atoms with E-state index in [1.54, 1.807) is 19.4 Å². The van der Waals surface area contributed by atoms with Gasteiger partial charge in [-0.05, 0) is 72.8 Å². The molecule has 9 unspecified atom stereocenters. The van der Waals surface area contributed by atoms with E-state index in [2.05, 4.69) is 19.9 Å². The summed E-state index contributed by atoms with van der Waals surface area (Å²) in [6, 6.07) is 0. The molecule has 2 aliphatic heterocycles. The summed E-state index contributed by atoms with van der Waals surface area (Å²) < 4.78 is 12.3. The van der Waals surface area contributed by atoms with Gasteiger partial charge >= 0.3 is 5.97 Å². The van der Waals surface area contributed by atoms with Crippen molar-refractivity contribution in [1.29, 1.82) is 0 Å². The lowest BCUT2D eigenvalue weighted by Crippen LogP contribution is -2.57. The van der Waals surface area contributed by atoms with E-state index in [4.69, 9.17) is 9.47 Å². The maximum absolute atomic E-state index is 13.3. The maximum Gasteiger partial charge on any atom is 0.312 e. The third-order valence-corrected chi connectivity index (χ3v) is 11.1. The molecule has 0 radical (unpaired) electrons. The molecule has 1 N–H and O–H groups in total. The van der Waals surface area contributed by atoms with Crippen molar-refractivity contribution in [3.8, 4) is 0 Å². The molecule has 0 amide bonds. The Morgan fingerprint density at radius 1 is 1.14 bits per heavy atom. The van der Waals surface area contributed by atoms with Crippen LogP contribution in [0.15, 0.2) is 22.8 Å². The van der Waals surface area contributed by atoms with Gasteiger partial charge in [0.15, 0.2) is 17.5 Å². The van der Waals surface area contributed by atoms with Crippen LogP contribution in [-0.4, -0.2) is 46.6 Å². The van der Waals surface area contributed by atoms with E-state index in [9.17, 15) is 19.5 Å². The van der Waals surface area contributed by atoms with Crippen LogP contribution in [0.2, 0.25) is 0 Å². The van der Waals surface area contributed by atoms with Gasteiger partial charge in [0.1, 0.15) is 11.9 Å². The Morgan fingerprint density at radius 2 is 1.86 bits per heavy atom. The number of carbonyl (C=O) groups excluding carboxylic acids is 3. The SMILES string of the molecule is CC(=O)C(O)(C(C)C)C1OC(=O)C2C1OC1C=C3C4=C(CCC3(C)C12)C1(C)CCC(=O)CC1CC4. The van der Waals surface area contributed by atoms with Crippen LogP contribution in [0.25, 0.3) is 0 Å². The van der Waals surface area contributed by atoms with E-state index in [0.29, 0.717) is 24.5 Å². The second kappa shape index (κ2) is 7.38. The average Bonchev–Trinajstić information content (AvgIpc) is 3.41. The van der Waals surface area contributed by atoms with Crippen molar-refractivity contribution in [3.63, 3.8) is 0 Å². The van der Waals surface area contributed by atoms with Crippen molar-refractivity contribution in [2.45, 2.75) is 103 Å². The van der Waals surface area contributed by atoms with E-state index < -0.39 is 35.4 Å². The smallest absolute Gasteiger partial charge is 0.312 e. The van der Waals surface area contributed by atoms with Crippen LogP contribution >= 0.6 is 0 Å². The zero-order valence-electron chi connectivity index (χ0n) is 21.6. The normalized spacial score (nSPS) is 45.7. The number of hydrogen-bond acceptors (Lipinski definition) is 6. The fourth-order valence-electron chi connectivity index (χ4n) is 8.98. The molecule has 6 nitrogen and oxygen atoms in total. The Hall–Kier alpha value is -1.79. The monoisotopic (exact) mass is 482 g/mol. The molecular formula is C29H38O6. The van der Waals surface area contributed by atoms with Crippen molar-refractivity contribution >= 4 is 17.5 Å². The summed E-state index contributed by atoms with van der Waals surface area (Å²) in [5.41, 5.74) is 2.47. The van der Waals surface area contributed by atoms with E-state index in [1.165, 1.54) is 18.1 Å². The lowest BCUT2D eigenvalue weighted by molar-refractivity contribution is -0.179. The Bertz CT molecular complexity index is 1080. The summed E-state index contributed by atoms with van der Waals surface area (Å²) in [6.45, 7) is 9.57. The Morgan fingerprint density at radius 3 is 2.54 bits per heavy atom. The lowest BCUT2D eigenvalue weighted by Gasteiger charge is -2.52. The summed E-state index contributed by atoms with van der Waals surface area (Å²) >= 11 is 0. The van der Waals surface area contributed by atoms with Crippen molar-refractivity contribution in [1.82, 2.24) is 0 Å². The maximum atomic E-state index is 13.3. The average molecular weight is 483 g/mol. The number of Topliss-reactive ketones (excluding diaryl/α,β-unsaturated/α-hetero) is 2. The largest absolute Gasteiger partial charge is 0.456 e. The second-order valence-corrected chi connectivity index (χ2v) is 12.9. The molecule has 0 aromatic heterocycles. The van der Waals surface area contributed by atoms with Gasteiger partial charge in [-0.25, -0.2) is 0 Å². The van der Waals surface area contributed by atoms with Crippen LogP contribution in [0.1, 0.15) is 79.6 Å². The Kier molecular flexibility index (Phi) is 4.97. The third-order valence-electron chi connectivity index (χ3n) is 11.1. The fraction of sp³-hybridized carbons (Fsp3) is 0.759. The predicted octanol–water partition coefficient (Wildman–Crippen LogP) is 4.09. The van der Waals surface area contributed by atoms with Crippen LogP contribution in [0, 0.1) is 34.5 Å². The van der Waals surface area contributed by atoms with E-state index >= 15 is 0 Å². The summed E-state index contributed by atoms with van der Waals surface area (Å²) in [4.78, 5) is 38.0. The molecule has 35 heavy (non-hydrogen) atoms. The van der Waals surface area contributed by atoms with Gasteiger partial charge in [-0.1, -0.05) is 39.3 Å². The predicted molar refractivity (Wildman–Crippen MR) is 128 cm³/mol. The highest BCUT2D eigenvalue weighted by Crippen LogP contribution is 2.66. The van der Waals surface area contributed by atoms with Gasteiger partial charge in [0.05, 0.1) is 12.0 Å². The number of hydrogen-bond donors (Lipinski definition) is 1. The first-order valence-corrected chi connectivity index (χ1v) is 13.5. The zero-order valence-corrected chi connectivity index (χ0v) is 21.6. The lowest BCUT2D eigenvalue weighted by atomic mass is 9.51. The molecule has 0 aromatic rings. The quantitative estimate of drug-likeness (QED) is 0.610. The van der Waals surface area contributed by atoms with Crippen LogP contribution in [-0.2, 0) is 23.9 Å². The molecule has 1 saturated carbocycles. The topological polar surface area (TPSA) is 89.9 Å². The van der Waals surface area contributed by atoms with Crippen molar-refractivity contribution in [2.75, 3.05) is 0 Å². The van der Waals surface area contributed by atoms with Crippen LogP contribution < -0.4 is 0 Å². The van der Waals surface area contributed by atoms with E-state index in [-0.39, 0.29) is 28.8 Å². The summed E-state index contributed by atoms with van der Waals surface area (Å²) in [6.07, 6.45) is 6.75. The van der Waals surface area contributed by atoms with Crippen LogP contribution in [0.4, 0.5) is 0 Å². The van der Waals surface area contributed by atoms with Gasteiger partial charge in [-0.15, -0.1) is 0 Å². The number of carbonyl (C=O) groups is 3. The molecule has 6 heteroatoms. The molecule has 0 bridgehead atoms. The molecule has 3 fully saturated rings. The molecule has 2 saturated heterocycles. The number of fused-ring (bicyclic) bond motifs is 8. The van der Waals surface area contributed by atoms with Crippen molar-refractivity contribution < 1.29 is 29.0 Å². The molecule has 4 aliphatic carbocycles. The number of esters is 1. The number of aliphatic hydroxyl groups is 1. The minimum Gasteiger partial charge on any atom is -0.456 e. The molecule has 6 rings (SSSR count). The molecule has 0 spiro atoms. The first-order chi connectivity index (χ1) is 16.4. The first-order valence-electron chi connectivity index (χ1n) is 13.5. The number of allylic oxidation sites excluding steroid dienone is 3. The summed E-state index contributed by atoms with van der Waals surface area (Å²) in [7, 11) is 0. The molecule has 190 valence electrons. The highest BCUT2D eigenvalue weighted by molar-refractivity contribution is 5.88. The number of ketones is 2. The van der Waals surface area contributed by atoms with Crippen molar-refractivity contribution in [2.24, 2.45) is 34.5 Å². The van der Waals surface area contributed by atoms with Gasteiger partial charge in [0, 0.05) is 18.8 Å². The molecule has 2 heterocycles. The first kappa shape index (κ1) is 23.6. The van der Waals surface area contributed by atoms with Crippen LogP contribution in [0.3, 0.4) is 0 Å². The number of rotatable bonds is 3.